The lowest BCUT2D eigenvalue weighted by Crippen LogP contribution is -2.13. The summed E-state index contributed by atoms with van der Waals surface area (Å²) < 4.78 is 1.51. The molecule has 8 heteroatoms. The molecule has 1 N–H and O–H groups in total. The molecule has 1 amide bonds. The molecule has 0 aliphatic heterocycles. The fourth-order valence-corrected chi connectivity index (χ4v) is 2.45. The fraction of sp³-hybridized carbons (Fsp3) is 0.0833. The highest BCUT2D eigenvalue weighted by Gasteiger charge is 2.16. The fourth-order valence-electron chi connectivity index (χ4n) is 1.67. The molecule has 1 aromatic carbocycles. The highest BCUT2D eigenvalue weighted by atomic mass is 32.1. The van der Waals surface area contributed by atoms with E-state index in [1.165, 1.54) is 4.52 Å². The van der Waals surface area contributed by atoms with Crippen LogP contribution >= 0.6 is 11.3 Å². The normalized spacial score (nSPS) is 10.4. The van der Waals surface area contributed by atoms with E-state index in [0.29, 0.717) is 22.0 Å². The Morgan fingerprint density at radius 2 is 2.20 bits per heavy atom. The number of hydrogen-bond donors (Lipinski definition) is 1. The van der Waals surface area contributed by atoms with E-state index in [1.54, 1.807) is 31.2 Å². The molecule has 3 aromatic rings. The minimum absolute atomic E-state index is 0.269. The molecule has 20 heavy (non-hydrogen) atoms. The lowest BCUT2D eigenvalue weighted by molar-refractivity contribution is 0.102. The molecule has 7 nitrogen and oxygen atoms in total. The number of anilines is 1. The van der Waals surface area contributed by atoms with Gasteiger partial charge in [-0.15, -0.1) is 15.3 Å². The number of carbonyl (C=O) groups excluding carboxylic acids is 1. The molecule has 2 heterocycles. The molecular weight excluding hydrogens is 276 g/mol. The van der Waals surface area contributed by atoms with Crippen molar-refractivity contribution in [3.05, 3.63) is 40.7 Å². The average molecular weight is 284 g/mol. The second kappa shape index (κ2) is 4.71. The molecule has 0 unspecified atom stereocenters. The predicted octanol–water partition coefficient (Wildman–Crippen LogP) is 1.62. The maximum atomic E-state index is 12.1. The second-order valence-corrected chi connectivity index (χ2v) is 4.92. The van der Waals surface area contributed by atoms with Crippen LogP contribution in [0.25, 0.3) is 4.96 Å². The van der Waals surface area contributed by atoms with Crippen molar-refractivity contribution in [2.24, 2.45) is 0 Å². The lowest BCUT2D eigenvalue weighted by Gasteiger charge is -2.03. The van der Waals surface area contributed by atoms with Gasteiger partial charge in [-0.2, -0.15) is 9.78 Å². The predicted molar refractivity (Wildman–Crippen MR) is 72.5 cm³/mol. The Kier molecular flexibility index (Phi) is 2.89. The summed E-state index contributed by atoms with van der Waals surface area (Å²) >= 11 is 1.14. The molecule has 0 aliphatic carbocycles. The van der Waals surface area contributed by atoms with Crippen LogP contribution in [0.5, 0.6) is 0 Å². The summed E-state index contributed by atoms with van der Waals surface area (Å²) in [5.74, 6) is 0.246. The molecule has 0 aliphatic rings. The van der Waals surface area contributed by atoms with Crippen molar-refractivity contribution in [3.63, 3.8) is 0 Å². The number of para-hydroxylation sites is 1. The van der Waals surface area contributed by atoms with Crippen LogP contribution in [0.4, 0.5) is 5.69 Å². The molecule has 0 saturated heterocycles. The standard InChI is InChI=1S/C12H8N6OS/c1-7-15-16-12-18(7)17-11(20-12)10(19)14-9-5-3-2-4-8(9)6-13/h2-5H,1H3,(H,14,19). The number of nitriles is 1. The van der Waals surface area contributed by atoms with Gasteiger partial charge >= 0.3 is 0 Å². The Morgan fingerprint density at radius 3 is 2.95 bits per heavy atom. The third-order valence-corrected chi connectivity index (χ3v) is 3.53. The summed E-state index contributed by atoms with van der Waals surface area (Å²) in [6.45, 7) is 1.76. The van der Waals surface area contributed by atoms with E-state index in [1.807, 2.05) is 6.07 Å². The summed E-state index contributed by atoms with van der Waals surface area (Å²) in [6, 6.07) is 8.82. The zero-order chi connectivity index (χ0) is 14.1. The summed E-state index contributed by atoms with van der Waals surface area (Å²) in [5.41, 5.74) is 0.864. The van der Waals surface area contributed by atoms with Crippen molar-refractivity contribution in [3.8, 4) is 6.07 Å². The van der Waals surface area contributed by atoms with Gasteiger partial charge in [0.2, 0.25) is 9.97 Å². The first kappa shape index (κ1) is 12.3. The zero-order valence-electron chi connectivity index (χ0n) is 10.4. The summed E-state index contributed by atoms with van der Waals surface area (Å²) in [5, 5.41) is 23.8. The molecular formula is C12H8N6OS. The van der Waals surface area contributed by atoms with Gasteiger partial charge in [0.15, 0.2) is 5.82 Å². The number of amides is 1. The van der Waals surface area contributed by atoms with Gasteiger partial charge in [0.1, 0.15) is 6.07 Å². The Hall–Kier alpha value is -2.79. The minimum Gasteiger partial charge on any atom is -0.319 e. The highest BCUT2D eigenvalue weighted by Crippen LogP contribution is 2.18. The van der Waals surface area contributed by atoms with E-state index >= 15 is 0 Å². The van der Waals surface area contributed by atoms with Gasteiger partial charge in [0.05, 0.1) is 11.3 Å². The number of fused-ring (bicyclic) bond motifs is 1. The van der Waals surface area contributed by atoms with Crippen molar-refractivity contribution in [1.29, 1.82) is 5.26 Å². The number of benzene rings is 1. The molecule has 0 radical (unpaired) electrons. The summed E-state index contributed by atoms with van der Waals surface area (Å²) in [7, 11) is 0. The van der Waals surface area contributed by atoms with E-state index < -0.39 is 0 Å². The van der Waals surface area contributed by atoms with E-state index in [0.717, 1.165) is 11.3 Å². The smallest absolute Gasteiger partial charge is 0.286 e. The Morgan fingerprint density at radius 1 is 1.40 bits per heavy atom. The topological polar surface area (TPSA) is 96.0 Å². The van der Waals surface area contributed by atoms with E-state index in [-0.39, 0.29) is 10.9 Å². The maximum Gasteiger partial charge on any atom is 0.286 e. The monoisotopic (exact) mass is 284 g/mol. The number of carbonyl (C=O) groups is 1. The highest BCUT2D eigenvalue weighted by molar-refractivity contribution is 7.18. The van der Waals surface area contributed by atoms with Crippen molar-refractivity contribution in [2.75, 3.05) is 5.32 Å². The third-order valence-electron chi connectivity index (χ3n) is 2.64. The van der Waals surface area contributed by atoms with Gasteiger partial charge in [-0.1, -0.05) is 23.5 Å². The first-order valence-electron chi connectivity index (χ1n) is 5.68. The van der Waals surface area contributed by atoms with Gasteiger partial charge in [0, 0.05) is 0 Å². The van der Waals surface area contributed by atoms with Crippen molar-refractivity contribution in [1.82, 2.24) is 19.8 Å². The molecule has 0 bridgehead atoms. The number of aryl methyl sites for hydroxylation is 1. The second-order valence-electron chi connectivity index (χ2n) is 3.96. The Labute approximate surface area is 117 Å². The van der Waals surface area contributed by atoms with E-state index in [9.17, 15) is 4.79 Å². The van der Waals surface area contributed by atoms with Crippen LogP contribution in [0.1, 0.15) is 21.2 Å². The van der Waals surface area contributed by atoms with Crippen LogP contribution in [-0.2, 0) is 0 Å². The van der Waals surface area contributed by atoms with Crippen molar-refractivity contribution < 1.29 is 4.79 Å². The molecule has 2 aromatic heterocycles. The van der Waals surface area contributed by atoms with Crippen LogP contribution in [0, 0.1) is 18.3 Å². The third kappa shape index (κ3) is 2.00. The van der Waals surface area contributed by atoms with Crippen LogP contribution in [0.2, 0.25) is 0 Å². The summed E-state index contributed by atoms with van der Waals surface area (Å²) in [4.78, 5) is 12.7. The lowest BCUT2D eigenvalue weighted by atomic mass is 10.2. The Balaban J connectivity index is 1.91. The number of aromatic nitrogens is 4. The Bertz CT molecular complexity index is 843. The van der Waals surface area contributed by atoms with Gasteiger partial charge < -0.3 is 5.32 Å². The summed E-state index contributed by atoms with van der Waals surface area (Å²) in [6.07, 6.45) is 0. The quantitative estimate of drug-likeness (QED) is 0.771. The zero-order valence-corrected chi connectivity index (χ0v) is 11.2. The van der Waals surface area contributed by atoms with Crippen molar-refractivity contribution in [2.45, 2.75) is 6.92 Å². The number of nitrogens with zero attached hydrogens (tertiary/aromatic N) is 5. The van der Waals surface area contributed by atoms with Crippen LogP contribution in [0.3, 0.4) is 0 Å². The number of rotatable bonds is 2. The SMILES string of the molecule is Cc1nnc2sc(C(=O)Nc3ccccc3C#N)nn12. The average Bonchev–Trinajstić information content (AvgIpc) is 3.02. The number of hydrogen-bond acceptors (Lipinski definition) is 6. The van der Waals surface area contributed by atoms with E-state index in [4.69, 9.17) is 5.26 Å². The molecule has 0 saturated carbocycles. The van der Waals surface area contributed by atoms with Gasteiger partial charge in [-0.3, -0.25) is 4.79 Å². The van der Waals surface area contributed by atoms with Crippen molar-refractivity contribution >= 4 is 27.9 Å². The molecule has 3 rings (SSSR count). The maximum absolute atomic E-state index is 12.1. The van der Waals surface area contributed by atoms with Crippen LogP contribution in [0.15, 0.2) is 24.3 Å². The molecule has 98 valence electrons. The van der Waals surface area contributed by atoms with Gasteiger partial charge in [-0.05, 0) is 19.1 Å². The first-order chi connectivity index (χ1) is 9.69. The number of nitrogens with one attached hydrogen (secondary N) is 1. The molecule has 0 fully saturated rings. The van der Waals surface area contributed by atoms with Gasteiger partial charge in [-0.25, -0.2) is 0 Å². The van der Waals surface area contributed by atoms with Gasteiger partial charge in [0.25, 0.3) is 5.91 Å². The molecule has 0 spiro atoms. The first-order valence-corrected chi connectivity index (χ1v) is 6.50. The largest absolute Gasteiger partial charge is 0.319 e. The molecule has 0 atom stereocenters. The van der Waals surface area contributed by atoms with Crippen LogP contribution in [-0.4, -0.2) is 25.7 Å². The van der Waals surface area contributed by atoms with Crippen LogP contribution < -0.4 is 5.32 Å². The van der Waals surface area contributed by atoms with E-state index in [2.05, 4.69) is 20.6 Å². The minimum atomic E-state index is -0.373.